The van der Waals surface area contributed by atoms with Crippen molar-refractivity contribution in [2.75, 3.05) is 41.0 Å². The molecule has 11 heteroatoms. The van der Waals surface area contributed by atoms with Crippen molar-refractivity contribution in [1.82, 2.24) is 4.90 Å². The fourth-order valence-corrected chi connectivity index (χ4v) is 4.92. The normalized spacial score (nSPS) is 15.9. The van der Waals surface area contributed by atoms with Crippen LogP contribution >= 0.6 is 0 Å². The Labute approximate surface area is 236 Å². The molecule has 0 radical (unpaired) electrons. The summed E-state index contributed by atoms with van der Waals surface area (Å²) in [6, 6.07) is 19.1. The van der Waals surface area contributed by atoms with Crippen molar-refractivity contribution in [2.24, 2.45) is 0 Å². The van der Waals surface area contributed by atoms with Gasteiger partial charge in [0.1, 0.15) is 12.6 Å². The highest BCUT2D eigenvalue weighted by molar-refractivity contribution is 6.10. The van der Waals surface area contributed by atoms with Crippen LogP contribution < -0.4 is 20.9 Å². The summed E-state index contributed by atoms with van der Waals surface area (Å²) in [5.74, 6) is -2.36. The number of nitrogens with one attached hydrogen (secondary N) is 3. The number of benzene rings is 3. The fraction of sp³-hybridized carbons (Fsp3) is 0.233. The zero-order valence-corrected chi connectivity index (χ0v) is 22.3. The lowest BCUT2D eigenvalue weighted by molar-refractivity contribution is -0.137. The second-order valence-corrected chi connectivity index (χ2v) is 10.0. The number of carbonyl (C=O) groups is 5. The highest BCUT2D eigenvalue weighted by Gasteiger charge is 2.30. The first-order chi connectivity index (χ1) is 19.7. The van der Waals surface area contributed by atoms with Gasteiger partial charge in [-0.25, -0.2) is 0 Å². The SMILES string of the molecule is CN1C(=O)CN(CCC(=O)O)C(=O)c2cc(NC(=O)Cc3ccc(NC(=O)C4Cc5ccccc5N4)cc3)ccc21. The Bertz CT molecular complexity index is 1510. The van der Waals surface area contributed by atoms with Crippen LogP contribution in [0.25, 0.3) is 0 Å². The van der Waals surface area contributed by atoms with E-state index in [0.29, 0.717) is 23.5 Å². The number of rotatable bonds is 8. The van der Waals surface area contributed by atoms with Gasteiger partial charge in [-0.15, -0.1) is 0 Å². The molecule has 5 rings (SSSR count). The number of amides is 4. The first-order valence-electron chi connectivity index (χ1n) is 13.1. The quantitative estimate of drug-likeness (QED) is 0.334. The molecule has 4 N–H and O–H groups in total. The van der Waals surface area contributed by atoms with Crippen LogP contribution in [0, 0.1) is 0 Å². The van der Waals surface area contributed by atoms with Crippen LogP contribution in [-0.2, 0) is 32.0 Å². The van der Waals surface area contributed by atoms with E-state index in [9.17, 15) is 24.0 Å². The van der Waals surface area contributed by atoms with Crippen LogP contribution in [0.1, 0.15) is 27.9 Å². The highest BCUT2D eigenvalue weighted by atomic mass is 16.4. The Kier molecular flexibility index (Phi) is 7.68. The van der Waals surface area contributed by atoms with Gasteiger partial charge in [0.15, 0.2) is 0 Å². The van der Waals surface area contributed by atoms with E-state index in [1.165, 1.54) is 15.9 Å². The van der Waals surface area contributed by atoms with E-state index in [0.717, 1.165) is 16.8 Å². The van der Waals surface area contributed by atoms with Crippen molar-refractivity contribution in [1.29, 1.82) is 0 Å². The maximum atomic E-state index is 13.1. The molecule has 1 atom stereocenters. The van der Waals surface area contributed by atoms with Crippen LogP contribution in [0.3, 0.4) is 0 Å². The Morgan fingerprint density at radius 1 is 0.976 bits per heavy atom. The predicted molar refractivity (Wildman–Crippen MR) is 153 cm³/mol. The molecule has 4 amide bonds. The van der Waals surface area contributed by atoms with E-state index < -0.39 is 11.9 Å². The standard InChI is InChI=1S/C30H29N5O6/c1-34-25-11-10-21(16-22(25)30(41)35(17-27(34)37)13-12-28(38)39)31-26(36)14-18-6-8-20(9-7-18)32-29(40)24-15-19-4-2-3-5-23(19)33-24/h2-11,16,24,33H,12-15,17H2,1H3,(H,31,36)(H,32,40)(H,38,39). The molecule has 210 valence electrons. The summed E-state index contributed by atoms with van der Waals surface area (Å²) in [5.41, 5.74) is 4.35. The summed E-state index contributed by atoms with van der Waals surface area (Å²) in [7, 11) is 1.54. The van der Waals surface area contributed by atoms with E-state index >= 15 is 0 Å². The number of hydrogen-bond acceptors (Lipinski definition) is 6. The van der Waals surface area contributed by atoms with Gasteiger partial charge in [-0.3, -0.25) is 24.0 Å². The smallest absolute Gasteiger partial charge is 0.305 e. The second kappa shape index (κ2) is 11.5. The van der Waals surface area contributed by atoms with E-state index in [4.69, 9.17) is 5.11 Å². The summed E-state index contributed by atoms with van der Waals surface area (Å²) >= 11 is 0. The topological polar surface area (TPSA) is 148 Å². The van der Waals surface area contributed by atoms with Gasteiger partial charge >= 0.3 is 5.97 Å². The summed E-state index contributed by atoms with van der Waals surface area (Å²) in [6.07, 6.45) is 0.381. The lowest BCUT2D eigenvalue weighted by Gasteiger charge is -2.19. The third-order valence-electron chi connectivity index (χ3n) is 7.13. The minimum absolute atomic E-state index is 0.0574. The number of nitrogens with zero attached hydrogens (tertiary/aromatic N) is 2. The molecule has 3 aromatic rings. The van der Waals surface area contributed by atoms with Gasteiger partial charge in [-0.05, 0) is 47.5 Å². The monoisotopic (exact) mass is 555 g/mol. The number of likely N-dealkylation sites (N-methyl/N-ethyl adjacent to an activating group) is 1. The zero-order chi connectivity index (χ0) is 29.1. The van der Waals surface area contributed by atoms with Gasteiger partial charge in [0.2, 0.25) is 17.7 Å². The first-order valence-corrected chi connectivity index (χ1v) is 13.1. The van der Waals surface area contributed by atoms with Gasteiger partial charge in [0, 0.05) is 37.1 Å². The van der Waals surface area contributed by atoms with Crippen molar-refractivity contribution in [2.45, 2.75) is 25.3 Å². The molecule has 0 saturated heterocycles. The van der Waals surface area contributed by atoms with Crippen molar-refractivity contribution >= 4 is 52.3 Å². The molecule has 3 aromatic carbocycles. The van der Waals surface area contributed by atoms with Gasteiger partial charge in [0.05, 0.1) is 24.1 Å². The number of carbonyl (C=O) groups excluding carboxylic acids is 4. The average molecular weight is 556 g/mol. The van der Waals surface area contributed by atoms with Gasteiger partial charge in [-0.2, -0.15) is 0 Å². The van der Waals surface area contributed by atoms with Gasteiger partial charge in [-0.1, -0.05) is 30.3 Å². The molecule has 1 unspecified atom stereocenters. The predicted octanol–water partition coefficient (Wildman–Crippen LogP) is 2.74. The van der Waals surface area contributed by atoms with Crippen LogP contribution in [0.5, 0.6) is 0 Å². The van der Waals surface area contributed by atoms with E-state index in [1.807, 2.05) is 24.3 Å². The molecule has 41 heavy (non-hydrogen) atoms. The lowest BCUT2D eigenvalue weighted by atomic mass is 10.1. The van der Waals surface area contributed by atoms with Crippen LogP contribution in [0.2, 0.25) is 0 Å². The molecule has 2 aliphatic rings. The van der Waals surface area contributed by atoms with Gasteiger partial charge < -0.3 is 30.9 Å². The van der Waals surface area contributed by atoms with Crippen molar-refractivity contribution in [3.05, 3.63) is 83.4 Å². The summed E-state index contributed by atoms with van der Waals surface area (Å²) < 4.78 is 0. The van der Waals surface area contributed by atoms with Crippen LogP contribution in [0.15, 0.2) is 66.7 Å². The fourth-order valence-electron chi connectivity index (χ4n) is 4.92. The molecule has 0 aliphatic carbocycles. The first kappa shape index (κ1) is 27.4. The highest BCUT2D eigenvalue weighted by Crippen LogP contribution is 2.28. The van der Waals surface area contributed by atoms with Crippen LogP contribution in [-0.4, -0.2) is 65.8 Å². The van der Waals surface area contributed by atoms with E-state index in [1.54, 1.807) is 43.4 Å². The molecular formula is C30H29N5O6. The number of para-hydroxylation sites is 1. The number of fused-ring (bicyclic) bond motifs is 2. The van der Waals surface area contributed by atoms with Crippen molar-refractivity contribution < 1.29 is 29.1 Å². The van der Waals surface area contributed by atoms with Crippen LogP contribution in [0.4, 0.5) is 22.7 Å². The minimum atomic E-state index is -1.07. The molecule has 0 fully saturated rings. The average Bonchev–Trinajstić information content (AvgIpc) is 3.37. The third-order valence-corrected chi connectivity index (χ3v) is 7.13. The summed E-state index contributed by atoms with van der Waals surface area (Å²) in [4.78, 5) is 64.7. The largest absolute Gasteiger partial charge is 0.481 e. The van der Waals surface area contributed by atoms with E-state index in [2.05, 4.69) is 16.0 Å². The summed E-state index contributed by atoms with van der Waals surface area (Å²) in [6.45, 7) is -0.342. The minimum Gasteiger partial charge on any atom is -0.481 e. The molecule has 0 saturated carbocycles. The number of carboxylic acids is 1. The van der Waals surface area contributed by atoms with Crippen molar-refractivity contribution in [3.63, 3.8) is 0 Å². The molecule has 11 nitrogen and oxygen atoms in total. The van der Waals surface area contributed by atoms with Crippen molar-refractivity contribution in [3.8, 4) is 0 Å². The number of carboxylic acid groups (broad SMARTS) is 1. The molecule has 0 aromatic heterocycles. The molecular weight excluding hydrogens is 526 g/mol. The maximum Gasteiger partial charge on any atom is 0.305 e. The lowest BCUT2D eigenvalue weighted by Crippen LogP contribution is -2.38. The third kappa shape index (κ3) is 6.19. The number of aliphatic carboxylic acids is 1. The van der Waals surface area contributed by atoms with E-state index in [-0.39, 0.29) is 55.3 Å². The zero-order valence-electron chi connectivity index (χ0n) is 22.3. The Morgan fingerprint density at radius 3 is 2.44 bits per heavy atom. The summed E-state index contributed by atoms with van der Waals surface area (Å²) in [5, 5.41) is 17.9. The number of anilines is 4. The molecule has 0 spiro atoms. The Balaban J connectivity index is 1.20. The molecule has 0 bridgehead atoms. The maximum absolute atomic E-state index is 13.1. The molecule has 2 heterocycles. The Morgan fingerprint density at radius 2 is 1.71 bits per heavy atom. The second-order valence-electron chi connectivity index (χ2n) is 10.0. The molecule has 2 aliphatic heterocycles. The Hall–Kier alpha value is -5.19. The van der Waals surface area contributed by atoms with Gasteiger partial charge in [0.25, 0.3) is 5.91 Å². The number of hydrogen-bond donors (Lipinski definition) is 4.